The smallest absolute Gasteiger partial charge is 0.191 e. The van der Waals surface area contributed by atoms with Crippen LogP contribution in [0.1, 0.15) is 18.4 Å². The fourth-order valence-corrected chi connectivity index (χ4v) is 3.25. The summed E-state index contributed by atoms with van der Waals surface area (Å²) in [5.41, 5.74) is 1.27. The van der Waals surface area contributed by atoms with Crippen molar-refractivity contribution in [2.24, 2.45) is 4.99 Å². The minimum atomic E-state index is 0.124. The van der Waals surface area contributed by atoms with Crippen molar-refractivity contribution in [1.82, 2.24) is 15.5 Å². The molecule has 1 aromatic rings. The number of hydrogen-bond donors (Lipinski definition) is 2. The van der Waals surface area contributed by atoms with Gasteiger partial charge in [0.1, 0.15) is 0 Å². The van der Waals surface area contributed by atoms with E-state index in [1.807, 2.05) is 18.2 Å². The second-order valence-corrected chi connectivity index (χ2v) is 6.83. The molecule has 1 heterocycles. The highest BCUT2D eigenvalue weighted by Gasteiger charge is 2.34. The van der Waals surface area contributed by atoms with E-state index in [2.05, 4.69) is 40.7 Å². The maximum absolute atomic E-state index is 6.20. The minimum Gasteiger partial charge on any atom is -0.381 e. The van der Waals surface area contributed by atoms with Crippen LogP contribution in [-0.2, 0) is 11.2 Å². The van der Waals surface area contributed by atoms with E-state index in [4.69, 9.17) is 16.3 Å². The number of hydrogen-bond acceptors (Lipinski definition) is 3. The average Bonchev–Trinajstić information content (AvgIpc) is 2.60. The van der Waals surface area contributed by atoms with Crippen molar-refractivity contribution >= 4 is 17.6 Å². The molecule has 134 valence electrons. The van der Waals surface area contributed by atoms with E-state index in [9.17, 15) is 0 Å². The second-order valence-electron chi connectivity index (χ2n) is 6.43. The second kappa shape index (κ2) is 9.25. The van der Waals surface area contributed by atoms with Crippen LogP contribution in [0.5, 0.6) is 0 Å². The third-order valence-corrected chi connectivity index (χ3v) is 5.19. The van der Waals surface area contributed by atoms with Gasteiger partial charge in [-0.25, -0.2) is 0 Å². The summed E-state index contributed by atoms with van der Waals surface area (Å²) < 4.78 is 5.52. The van der Waals surface area contributed by atoms with Crippen LogP contribution in [0.25, 0.3) is 0 Å². The molecule has 0 bridgehead atoms. The summed E-state index contributed by atoms with van der Waals surface area (Å²) in [5, 5.41) is 7.66. The summed E-state index contributed by atoms with van der Waals surface area (Å²) in [7, 11) is 6.08. The van der Waals surface area contributed by atoms with Crippen LogP contribution in [-0.4, -0.2) is 63.8 Å². The normalized spacial score (nSPS) is 17.8. The van der Waals surface area contributed by atoms with Gasteiger partial charge in [-0.15, -0.1) is 0 Å². The van der Waals surface area contributed by atoms with Gasteiger partial charge in [-0.2, -0.15) is 0 Å². The summed E-state index contributed by atoms with van der Waals surface area (Å²) in [5.74, 6) is 0.828. The number of nitrogens with one attached hydrogen (secondary N) is 2. The maximum atomic E-state index is 6.20. The highest BCUT2D eigenvalue weighted by Crippen LogP contribution is 2.25. The van der Waals surface area contributed by atoms with Crippen molar-refractivity contribution in [3.8, 4) is 0 Å². The molecule has 6 heteroatoms. The molecule has 0 amide bonds. The van der Waals surface area contributed by atoms with E-state index < -0.39 is 0 Å². The zero-order valence-corrected chi connectivity index (χ0v) is 15.7. The Kier molecular flexibility index (Phi) is 7.34. The Labute approximate surface area is 150 Å². The van der Waals surface area contributed by atoms with Crippen molar-refractivity contribution in [1.29, 1.82) is 0 Å². The van der Waals surface area contributed by atoms with Crippen LogP contribution in [0.4, 0.5) is 0 Å². The van der Waals surface area contributed by atoms with E-state index in [1.165, 1.54) is 0 Å². The number of nitrogens with zero attached hydrogens (tertiary/aromatic N) is 2. The van der Waals surface area contributed by atoms with E-state index in [0.717, 1.165) is 62.1 Å². The van der Waals surface area contributed by atoms with Gasteiger partial charge in [-0.05, 0) is 45.0 Å². The van der Waals surface area contributed by atoms with E-state index in [1.54, 1.807) is 7.05 Å². The molecule has 0 radical (unpaired) electrons. The molecule has 1 aliphatic rings. The number of likely N-dealkylation sites (N-methyl/N-ethyl adjacent to an activating group) is 1. The summed E-state index contributed by atoms with van der Waals surface area (Å²) in [6.07, 6.45) is 2.93. The van der Waals surface area contributed by atoms with E-state index in [-0.39, 0.29) is 5.54 Å². The quantitative estimate of drug-likeness (QED) is 0.608. The first-order valence-electron chi connectivity index (χ1n) is 8.50. The van der Waals surface area contributed by atoms with Gasteiger partial charge in [0.2, 0.25) is 0 Å². The molecule has 0 aromatic heterocycles. The van der Waals surface area contributed by atoms with E-state index >= 15 is 0 Å². The zero-order valence-electron chi connectivity index (χ0n) is 14.9. The molecule has 5 nitrogen and oxygen atoms in total. The Morgan fingerprint density at radius 2 is 1.96 bits per heavy atom. The Morgan fingerprint density at radius 3 is 2.58 bits per heavy atom. The van der Waals surface area contributed by atoms with Gasteiger partial charge in [-0.1, -0.05) is 29.8 Å². The molecule has 0 spiro atoms. The summed E-state index contributed by atoms with van der Waals surface area (Å²) in [6.45, 7) is 3.29. The predicted octanol–water partition coefficient (Wildman–Crippen LogP) is 2.16. The van der Waals surface area contributed by atoms with Crippen LogP contribution >= 0.6 is 11.6 Å². The number of ether oxygens (including phenoxy) is 1. The Balaban J connectivity index is 1.82. The molecule has 0 saturated carbocycles. The minimum absolute atomic E-state index is 0.124. The lowest BCUT2D eigenvalue weighted by atomic mass is 9.88. The van der Waals surface area contributed by atoms with Crippen LogP contribution in [0, 0.1) is 0 Å². The van der Waals surface area contributed by atoms with E-state index in [0.29, 0.717) is 0 Å². The van der Waals surface area contributed by atoms with Crippen molar-refractivity contribution < 1.29 is 4.74 Å². The fourth-order valence-electron chi connectivity index (χ4n) is 3.02. The van der Waals surface area contributed by atoms with Gasteiger partial charge >= 0.3 is 0 Å². The first-order valence-corrected chi connectivity index (χ1v) is 8.88. The summed E-state index contributed by atoms with van der Waals surface area (Å²) in [6, 6.07) is 7.95. The predicted molar refractivity (Wildman–Crippen MR) is 101 cm³/mol. The highest BCUT2D eigenvalue weighted by molar-refractivity contribution is 6.31. The monoisotopic (exact) mass is 352 g/mol. The largest absolute Gasteiger partial charge is 0.381 e. The topological polar surface area (TPSA) is 48.9 Å². The number of halogens is 1. The molecule has 1 saturated heterocycles. The molecule has 1 fully saturated rings. The molecule has 24 heavy (non-hydrogen) atoms. The SMILES string of the molecule is CN=C(NCCc1ccccc1Cl)NCC1(N(C)C)CCOCC1. The average molecular weight is 353 g/mol. The van der Waals surface area contributed by atoms with Crippen molar-refractivity contribution in [3.63, 3.8) is 0 Å². The lowest BCUT2D eigenvalue weighted by molar-refractivity contribution is -0.00500. The first kappa shape index (κ1) is 19.0. The summed E-state index contributed by atoms with van der Waals surface area (Å²) >= 11 is 6.20. The number of benzene rings is 1. The van der Waals surface area contributed by atoms with Crippen LogP contribution in [0.3, 0.4) is 0 Å². The van der Waals surface area contributed by atoms with Gasteiger partial charge in [0.05, 0.1) is 0 Å². The van der Waals surface area contributed by atoms with Crippen molar-refractivity contribution in [2.75, 3.05) is 47.4 Å². The first-order chi connectivity index (χ1) is 11.6. The van der Waals surface area contributed by atoms with Crippen LogP contribution in [0.2, 0.25) is 5.02 Å². The fraction of sp³-hybridized carbons (Fsp3) is 0.611. The number of aliphatic imine (C=N–C) groups is 1. The molecule has 1 aliphatic heterocycles. The maximum Gasteiger partial charge on any atom is 0.191 e. The van der Waals surface area contributed by atoms with Gasteiger partial charge in [-0.3, -0.25) is 4.99 Å². The summed E-state index contributed by atoms with van der Waals surface area (Å²) in [4.78, 5) is 6.63. The van der Waals surface area contributed by atoms with Crippen molar-refractivity contribution in [3.05, 3.63) is 34.9 Å². The number of guanidine groups is 1. The Hall–Kier alpha value is -1.30. The number of rotatable bonds is 6. The molecule has 0 aliphatic carbocycles. The van der Waals surface area contributed by atoms with Crippen LogP contribution < -0.4 is 10.6 Å². The molecule has 2 N–H and O–H groups in total. The molecular weight excluding hydrogens is 324 g/mol. The molecule has 0 atom stereocenters. The van der Waals surface area contributed by atoms with Crippen molar-refractivity contribution in [2.45, 2.75) is 24.8 Å². The van der Waals surface area contributed by atoms with Crippen LogP contribution in [0.15, 0.2) is 29.3 Å². The zero-order chi connectivity index (χ0) is 17.4. The Morgan fingerprint density at radius 1 is 1.25 bits per heavy atom. The molecule has 2 rings (SSSR count). The van der Waals surface area contributed by atoms with Gasteiger partial charge in [0.15, 0.2) is 5.96 Å². The van der Waals surface area contributed by atoms with Gasteiger partial charge < -0.3 is 20.3 Å². The van der Waals surface area contributed by atoms with Gasteiger partial charge in [0, 0.05) is 43.9 Å². The molecular formula is C18H29ClN4O. The molecule has 0 unspecified atom stereocenters. The van der Waals surface area contributed by atoms with Gasteiger partial charge in [0.25, 0.3) is 0 Å². The third-order valence-electron chi connectivity index (χ3n) is 4.83. The Bertz CT molecular complexity index is 542. The lowest BCUT2D eigenvalue weighted by Gasteiger charge is -2.43. The lowest BCUT2D eigenvalue weighted by Crippen LogP contribution is -2.57. The molecule has 1 aromatic carbocycles. The third kappa shape index (κ3) is 5.10. The standard InChI is InChI=1S/C18H29ClN4O/c1-20-17(21-11-8-15-6-4-5-7-16(15)19)22-14-18(23(2)3)9-12-24-13-10-18/h4-7H,8-14H2,1-3H3,(H2,20,21,22). The highest BCUT2D eigenvalue weighted by atomic mass is 35.5.